The third-order valence-electron chi connectivity index (χ3n) is 4.42. The predicted molar refractivity (Wildman–Crippen MR) is 110 cm³/mol. The molecule has 0 radical (unpaired) electrons. The van der Waals surface area contributed by atoms with Gasteiger partial charge in [0.2, 0.25) is 5.91 Å². The monoisotopic (exact) mass is 386 g/mol. The van der Waals surface area contributed by atoms with E-state index in [2.05, 4.69) is 16.4 Å². The summed E-state index contributed by atoms with van der Waals surface area (Å²) < 4.78 is 2.75. The van der Waals surface area contributed by atoms with Gasteiger partial charge in [0.15, 0.2) is 0 Å². The van der Waals surface area contributed by atoms with E-state index in [-0.39, 0.29) is 11.9 Å². The number of likely N-dealkylation sites (tertiary alicyclic amines) is 1. The Kier molecular flexibility index (Phi) is 9.67. The first-order valence-corrected chi connectivity index (χ1v) is 10.2. The molecule has 1 unspecified atom stereocenters. The second-order valence-corrected chi connectivity index (χ2v) is 7.30. The summed E-state index contributed by atoms with van der Waals surface area (Å²) >= 11 is 1.01. The second kappa shape index (κ2) is 12.3. The number of rotatable bonds is 9. The number of hydrogen-bond donors (Lipinski definition) is 1. The standard InChI is InChI=1S/C21H26N2O3S/c24-20(17-18-9-4-3-5-10-18)14-13-19-11-8-12-21(25)23(19)15-6-1-2-7-16-27-22-26/h3-5,9-10,13-14,19-20,24H,2,7-8,11-12,15-17H2/b14-13+/t19-,20?/m1/s1. The van der Waals surface area contributed by atoms with Crippen LogP contribution in [-0.4, -0.2) is 40.4 Å². The van der Waals surface area contributed by atoms with Crippen molar-refractivity contribution in [2.24, 2.45) is 4.58 Å². The normalized spacial score (nSPS) is 18.2. The maximum Gasteiger partial charge on any atom is 0.223 e. The van der Waals surface area contributed by atoms with Crippen molar-refractivity contribution in [2.75, 3.05) is 12.3 Å². The van der Waals surface area contributed by atoms with Crippen LogP contribution in [0, 0.1) is 16.7 Å². The van der Waals surface area contributed by atoms with Crippen LogP contribution in [0.2, 0.25) is 0 Å². The van der Waals surface area contributed by atoms with Crippen LogP contribution in [0.1, 0.15) is 37.7 Å². The first-order chi connectivity index (χ1) is 13.2. The number of carbonyl (C=O) groups is 1. The lowest BCUT2D eigenvalue weighted by Crippen LogP contribution is -2.42. The number of nitrogens with zero attached hydrogens (tertiary/aromatic N) is 2. The lowest BCUT2D eigenvalue weighted by atomic mass is 9.99. The summed E-state index contributed by atoms with van der Waals surface area (Å²) in [7, 11) is 0. The molecule has 1 heterocycles. The molecule has 1 saturated heterocycles. The molecule has 1 amide bonds. The van der Waals surface area contributed by atoms with E-state index < -0.39 is 6.10 Å². The van der Waals surface area contributed by atoms with Crippen molar-refractivity contribution < 1.29 is 9.90 Å². The Morgan fingerprint density at radius 2 is 2.15 bits per heavy atom. The van der Waals surface area contributed by atoms with Gasteiger partial charge in [-0.2, -0.15) is 0 Å². The van der Waals surface area contributed by atoms with E-state index in [0.29, 0.717) is 31.6 Å². The molecule has 0 bridgehead atoms. The summed E-state index contributed by atoms with van der Waals surface area (Å²) in [6, 6.07) is 9.84. The zero-order chi connectivity index (χ0) is 19.3. The third-order valence-corrected chi connectivity index (χ3v) is 5.00. The van der Waals surface area contributed by atoms with Crippen LogP contribution in [0.5, 0.6) is 0 Å². The molecule has 2 rings (SSSR count). The van der Waals surface area contributed by atoms with Crippen molar-refractivity contribution in [3.63, 3.8) is 0 Å². The van der Waals surface area contributed by atoms with Crippen LogP contribution in [0.25, 0.3) is 0 Å². The van der Waals surface area contributed by atoms with Gasteiger partial charge in [0, 0.05) is 41.5 Å². The van der Waals surface area contributed by atoms with E-state index >= 15 is 0 Å². The highest BCUT2D eigenvalue weighted by Gasteiger charge is 2.25. The molecule has 1 N–H and O–H groups in total. The lowest BCUT2D eigenvalue weighted by Gasteiger charge is -2.32. The largest absolute Gasteiger partial charge is 0.389 e. The molecule has 2 atom stereocenters. The molecule has 144 valence electrons. The fourth-order valence-corrected chi connectivity index (χ4v) is 3.37. The van der Waals surface area contributed by atoms with Crippen molar-refractivity contribution in [3.05, 3.63) is 53.0 Å². The Morgan fingerprint density at radius 1 is 1.33 bits per heavy atom. The molecule has 0 aliphatic carbocycles. The minimum atomic E-state index is -0.568. The zero-order valence-electron chi connectivity index (χ0n) is 15.4. The number of nitroso groups, excluding NO2 is 1. The Bertz CT molecular complexity index is 682. The predicted octanol–water partition coefficient (Wildman–Crippen LogP) is 3.73. The summed E-state index contributed by atoms with van der Waals surface area (Å²) in [5, 5.41) is 10.3. The van der Waals surface area contributed by atoms with Crippen LogP contribution >= 0.6 is 11.9 Å². The van der Waals surface area contributed by atoms with Gasteiger partial charge in [0.05, 0.1) is 18.7 Å². The molecule has 0 spiro atoms. The average molecular weight is 387 g/mol. The topological polar surface area (TPSA) is 70.0 Å². The van der Waals surface area contributed by atoms with E-state index in [1.807, 2.05) is 36.4 Å². The molecule has 1 aromatic carbocycles. The molecule has 1 aliphatic rings. The molecule has 6 heteroatoms. The van der Waals surface area contributed by atoms with E-state index in [0.717, 1.165) is 36.8 Å². The highest BCUT2D eigenvalue weighted by Crippen LogP contribution is 2.19. The van der Waals surface area contributed by atoms with Crippen molar-refractivity contribution in [1.82, 2.24) is 4.90 Å². The maximum absolute atomic E-state index is 12.3. The number of carbonyl (C=O) groups excluding carboxylic acids is 1. The first kappa shape index (κ1) is 21.2. The summed E-state index contributed by atoms with van der Waals surface area (Å²) in [5.41, 5.74) is 1.08. The smallest absolute Gasteiger partial charge is 0.223 e. The Labute approximate surface area is 165 Å². The highest BCUT2D eigenvalue weighted by molar-refractivity contribution is 7.97. The number of piperidine rings is 1. The minimum Gasteiger partial charge on any atom is -0.389 e. The fraction of sp³-hybridized carbons (Fsp3) is 0.476. The van der Waals surface area contributed by atoms with Gasteiger partial charge in [-0.25, -0.2) is 0 Å². The molecule has 0 saturated carbocycles. The summed E-state index contributed by atoms with van der Waals surface area (Å²) in [6.07, 6.45) is 7.55. The van der Waals surface area contributed by atoms with Gasteiger partial charge in [0.25, 0.3) is 0 Å². The summed E-state index contributed by atoms with van der Waals surface area (Å²) in [6.45, 7) is 0.404. The molecular formula is C21H26N2O3S. The van der Waals surface area contributed by atoms with Crippen molar-refractivity contribution in [2.45, 2.75) is 50.7 Å². The number of amides is 1. The summed E-state index contributed by atoms with van der Waals surface area (Å²) in [5.74, 6) is 6.90. The van der Waals surface area contributed by atoms with Crippen molar-refractivity contribution in [1.29, 1.82) is 0 Å². The quantitative estimate of drug-likeness (QED) is 0.231. The second-order valence-electron chi connectivity index (χ2n) is 6.49. The molecular weight excluding hydrogens is 360 g/mol. The Morgan fingerprint density at radius 3 is 2.93 bits per heavy atom. The molecule has 0 aromatic heterocycles. The van der Waals surface area contributed by atoms with Gasteiger partial charge in [-0.1, -0.05) is 48.4 Å². The van der Waals surface area contributed by atoms with Crippen molar-refractivity contribution >= 4 is 17.9 Å². The lowest BCUT2D eigenvalue weighted by molar-refractivity contribution is -0.134. The Hall–Kier alpha value is -2.10. The highest BCUT2D eigenvalue weighted by atomic mass is 32.2. The third kappa shape index (κ3) is 7.98. The minimum absolute atomic E-state index is 0.0132. The van der Waals surface area contributed by atoms with Crippen LogP contribution < -0.4 is 0 Å². The Balaban J connectivity index is 1.86. The molecule has 27 heavy (non-hydrogen) atoms. The number of aliphatic hydroxyl groups is 1. The van der Waals surface area contributed by atoms with E-state index in [1.54, 1.807) is 11.0 Å². The van der Waals surface area contributed by atoms with Crippen LogP contribution in [0.15, 0.2) is 47.1 Å². The maximum atomic E-state index is 12.3. The molecule has 1 aromatic rings. The molecule has 1 aliphatic heterocycles. The zero-order valence-corrected chi connectivity index (χ0v) is 16.2. The van der Waals surface area contributed by atoms with Crippen molar-refractivity contribution in [3.8, 4) is 11.8 Å². The molecule has 5 nitrogen and oxygen atoms in total. The van der Waals surface area contributed by atoms with Gasteiger partial charge in [-0.15, -0.1) is 10.8 Å². The van der Waals surface area contributed by atoms with E-state index in [1.165, 1.54) is 0 Å². The van der Waals surface area contributed by atoms with Gasteiger partial charge < -0.3 is 10.0 Å². The van der Waals surface area contributed by atoms with Crippen LogP contribution in [0.4, 0.5) is 0 Å². The van der Waals surface area contributed by atoms with E-state index in [4.69, 9.17) is 0 Å². The number of aliphatic hydroxyl groups excluding tert-OH is 1. The molecule has 1 fully saturated rings. The first-order valence-electron chi connectivity index (χ1n) is 9.31. The van der Waals surface area contributed by atoms with Gasteiger partial charge in [-0.3, -0.25) is 4.79 Å². The van der Waals surface area contributed by atoms with Crippen LogP contribution in [-0.2, 0) is 11.2 Å². The van der Waals surface area contributed by atoms with Crippen LogP contribution in [0.3, 0.4) is 0 Å². The van der Waals surface area contributed by atoms with E-state index in [9.17, 15) is 14.8 Å². The SMILES string of the molecule is O=NSCCCC#CCN1C(=O)CCC[C@@H]1/C=C/C(O)Cc1ccccc1. The summed E-state index contributed by atoms with van der Waals surface area (Å²) in [4.78, 5) is 24.0. The average Bonchev–Trinajstić information content (AvgIpc) is 2.68. The number of unbranched alkanes of at least 4 members (excludes halogenated alkanes) is 1. The van der Waals surface area contributed by atoms with Gasteiger partial charge in [0.1, 0.15) is 0 Å². The number of benzene rings is 1. The fourth-order valence-electron chi connectivity index (χ4n) is 3.02. The number of hydrogen-bond acceptors (Lipinski definition) is 5. The van der Waals surface area contributed by atoms with Gasteiger partial charge in [-0.05, 0) is 24.8 Å². The van der Waals surface area contributed by atoms with Gasteiger partial charge >= 0.3 is 0 Å².